The standard InChI is InChI=1S/C22H23ClFNO2/c1-12-4-3-5-19-15(12)8-9-25(19)20-11-16(21(26)13(20)2)22(27)14-6-7-18(24)17(23)10-14/h3-10,13,16,20-22,26-27H,11H2,1-2H3. The fourth-order valence-electron chi connectivity index (χ4n) is 4.51. The highest BCUT2D eigenvalue weighted by atomic mass is 35.5. The second-order valence-electron chi connectivity index (χ2n) is 7.67. The van der Waals surface area contributed by atoms with Gasteiger partial charge in [-0.05, 0) is 48.7 Å². The number of benzene rings is 2. The summed E-state index contributed by atoms with van der Waals surface area (Å²) in [5.41, 5.74) is 2.89. The van der Waals surface area contributed by atoms with E-state index in [1.54, 1.807) is 0 Å². The van der Waals surface area contributed by atoms with E-state index in [0.717, 1.165) is 5.52 Å². The van der Waals surface area contributed by atoms with E-state index in [-0.39, 0.29) is 22.9 Å². The van der Waals surface area contributed by atoms with Crippen LogP contribution in [0.1, 0.15) is 36.6 Å². The molecule has 2 aromatic carbocycles. The van der Waals surface area contributed by atoms with Gasteiger partial charge < -0.3 is 14.8 Å². The average Bonchev–Trinajstić information content (AvgIpc) is 3.20. The Morgan fingerprint density at radius 3 is 2.74 bits per heavy atom. The zero-order valence-electron chi connectivity index (χ0n) is 15.3. The van der Waals surface area contributed by atoms with Crippen molar-refractivity contribution in [3.63, 3.8) is 0 Å². The number of hydrogen-bond donors (Lipinski definition) is 2. The molecular weight excluding hydrogens is 365 g/mol. The lowest BCUT2D eigenvalue weighted by molar-refractivity contribution is 0.0149. The molecule has 2 N–H and O–H groups in total. The van der Waals surface area contributed by atoms with Crippen molar-refractivity contribution < 1.29 is 14.6 Å². The molecule has 0 radical (unpaired) electrons. The van der Waals surface area contributed by atoms with Crippen molar-refractivity contribution in [1.82, 2.24) is 4.57 Å². The van der Waals surface area contributed by atoms with E-state index < -0.39 is 18.0 Å². The summed E-state index contributed by atoms with van der Waals surface area (Å²) in [7, 11) is 0. The molecule has 1 aliphatic rings. The van der Waals surface area contributed by atoms with Crippen LogP contribution in [0.2, 0.25) is 5.02 Å². The molecule has 1 fully saturated rings. The molecule has 4 rings (SSSR count). The van der Waals surface area contributed by atoms with Crippen molar-refractivity contribution in [2.24, 2.45) is 11.8 Å². The minimum atomic E-state index is -0.894. The molecule has 0 aliphatic heterocycles. The van der Waals surface area contributed by atoms with Gasteiger partial charge in [0.25, 0.3) is 0 Å². The summed E-state index contributed by atoms with van der Waals surface area (Å²) in [6, 6.07) is 12.6. The zero-order valence-corrected chi connectivity index (χ0v) is 16.1. The first kappa shape index (κ1) is 18.5. The number of aryl methyl sites for hydroxylation is 1. The first-order valence-corrected chi connectivity index (χ1v) is 9.63. The summed E-state index contributed by atoms with van der Waals surface area (Å²) in [6.07, 6.45) is 1.15. The number of rotatable bonds is 3. The smallest absolute Gasteiger partial charge is 0.141 e. The lowest BCUT2D eigenvalue weighted by Crippen LogP contribution is -2.25. The first-order chi connectivity index (χ1) is 12.9. The number of aliphatic hydroxyl groups is 2. The molecule has 0 saturated heterocycles. The Labute approximate surface area is 163 Å². The van der Waals surface area contributed by atoms with E-state index >= 15 is 0 Å². The summed E-state index contributed by atoms with van der Waals surface area (Å²) >= 11 is 5.87. The summed E-state index contributed by atoms with van der Waals surface area (Å²) in [4.78, 5) is 0. The molecule has 3 nitrogen and oxygen atoms in total. The lowest BCUT2D eigenvalue weighted by Gasteiger charge is -2.23. The third kappa shape index (κ3) is 3.06. The monoisotopic (exact) mass is 387 g/mol. The van der Waals surface area contributed by atoms with Gasteiger partial charge >= 0.3 is 0 Å². The molecule has 1 aromatic heterocycles. The van der Waals surface area contributed by atoms with E-state index in [1.807, 2.05) is 13.0 Å². The van der Waals surface area contributed by atoms with Crippen molar-refractivity contribution in [3.05, 3.63) is 70.6 Å². The van der Waals surface area contributed by atoms with Crippen molar-refractivity contribution >= 4 is 22.5 Å². The van der Waals surface area contributed by atoms with Gasteiger partial charge in [-0.15, -0.1) is 0 Å². The molecule has 0 spiro atoms. The summed E-state index contributed by atoms with van der Waals surface area (Å²) in [5.74, 6) is -0.870. The average molecular weight is 388 g/mol. The number of hydrogen-bond acceptors (Lipinski definition) is 2. The molecule has 5 heteroatoms. The molecule has 5 unspecified atom stereocenters. The van der Waals surface area contributed by atoms with Crippen LogP contribution in [0, 0.1) is 24.6 Å². The van der Waals surface area contributed by atoms with Crippen LogP contribution < -0.4 is 0 Å². The van der Waals surface area contributed by atoms with Crippen LogP contribution >= 0.6 is 11.6 Å². The van der Waals surface area contributed by atoms with Crippen molar-refractivity contribution in [1.29, 1.82) is 0 Å². The molecule has 142 valence electrons. The van der Waals surface area contributed by atoms with Crippen LogP contribution in [0.4, 0.5) is 4.39 Å². The largest absolute Gasteiger partial charge is 0.392 e. The number of aliphatic hydroxyl groups excluding tert-OH is 2. The topological polar surface area (TPSA) is 45.4 Å². The number of halogens is 2. The van der Waals surface area contributed by atoms with Crippen LogP contribution in [0.5, 0.6) is 0 Å². The van der Waals surface area contributed by atoms with Gasteiger partial charge in [0.2, 0.25) is 0 Å². The molecule has 3 aromatic rings. The highest BCUT2D eigenvalue weighted by Crippen LogP contribution is 2.46. The van der Waals surface area contributed by atoms with E-state index in [0.29, 0.717) is 12.0 Å². The van der Waals surface area contributed by atoms with Crippen LogP contribution in [0.25, 0.3) is 10.9 Å². The molecule has 5 atom stereocenters. The van der Waals surface area contributed by atoms with Crippen LogP contribution in [-0.2, 0) is 0 Å². The van der Waals surface area contributed by atoms with Crippen molar-refractivity contribution in [2.45, 2.75) is 38.5 Å². The van der Waals surface area contributed by atoms with Gasteiger partial charge in [0.1, 0.15) is 5.82 Å². The number of aromatic nitrogens is 1. The third-order valence-electron chi connectivity index (χ3n) is 6.13. The molecule has 1 heterocycles. The second-order valence-corrected chi connectivity index (χ2v) is 8.07. The van der Waals surface area contributed by atoms with Gasteiger partial charge in [-0.25, -0.2) is 4.39 Å². The van der Waals surface area contributed by atoms with E-state index in [4.69, 9.17) is 11.6 Å². The van der Waals surface area contributed by atoms with Crippen LogP contribution in [0.15, 0.2) is 48.7 Å². The van der Waals surface area contributed by atoms with Crippen LogP contribution in [-0.4, -0.2) is 20.9 Å². The molecule has 0 amide bonds. The second kappa shape index (κ2) is 6.93. The maximum Gasteiger partial charge on any atom is 0.141 e. The quantitative estimate of drug-likeness (QED) is 0.661. The number of nitrogens with zero attached hydrogens (tertiary/aromatic N) is 1. The maximum atomic E-state index is 13.4. The van der Waals surface area contributed by atoms with E-state index in [2.05, 4.69) is 35.9 Å². The Bertz CT molecular complexity index is 986. The van der Waals surface area contributed by atoms with Gasteiger partial charge in [0.15, 0.2) is 0 Å². The first-order valence-electron chi connectivity index (χ1n) is 9.25. The minimum absolute atomic E-state index is 0.0170. The molecule has 0 bridgehead atoms. The van der Waals surface area contributed by atoms with Gasteiger partial charge in [-0.1, -0.05) is 36.7 Å². The predicted octanol–water partition coefficient (Wildman–Crippen LogP) is 5.03. The fraction of sp³-hybridized carbons (Fsp3) is 0.364. The Hall–Kier alpha value is -1.88. The number of fused-ring (bicyclic) bond motifs is 1. The Kier molecular flexibility index (Phi) is 4.75. The molecular formula is C22H23ClFNO2. The predicted molar refractivity (Wildman–Crippen MR) is 105 cm³/mol. The van der Waals surface area contributed by atoms with Crippen molar-refractivity contribution in [3.8, 4) is 0 Å². The van der Waals surface area contributed by atoms with Gasteiger partial charge in [0.05, 0.1) is 17.2 Å². The molecule has 1 saturated carbocycles. The Balaban J connectivity index is 1.66. The lowest BCUT2D eigenvalue weighted by atomic mass is 9.91. The van der Waals surface area contributed by atoms with Gasteiger partial charge in [0, 0.05) is 35.0 Å². The fourth-order valence-corrected chi connectivity index (χ4v) is 4.70. The van der Waals surface area contributed by atoms with Gasteiger partial charge in [-0.2, -0.15) is 0 Å². The van der Waals surface area contributed by atoms with Crippen LogP contribution in [0.3, 0.4) is 0 Å². The normalized spacial score (nSPS) is 26.6. The Morgan fingerprint density at radius 1 is 1.22 bits per heavy atom. The molecule has 1 aliphatic carbocycles. The minimum Gasteiger partial charge on any atom is -0.392 e. The Morgan fingerprint density at radius 2 is 2.00 bits per heavy atom. The summed E-state index contributed by atoms with van der Waals surface area (Å²) in [5, 5.41) is 22.9. The zero-order chi connectivity index (χ0) is 19.3. The van der Waals surface area contributed by atoms with Crippen molar-refractivity contribution in [2.75, 3.05) is 0 Å². The van der Waals surface area contributed by atoms with Gasteiger partial charge in [-0.3, -0.25) is 0 Å². The SMILES string of the molecule is Cc1cccc2c1ccn2C1CC(C(O)c2ccc(F)c(Cl)c2)C(O)C1C. The molecule has 27 heavy (non-hydrogen) atoms. The van der Waals surface area contributed by atoms with E-state index in [9.17, 15) is 14.6 Å². The summed E-state index contributed by atoms with van der Waals surface area (Å²) in [6.45, 7) is 4.10. The summed E-state index contributed by atoms with van der Waals surface area (Å²) < 4.78 is 15.6. The maximum absolute atomic E-state index is 13.4. The van der Waals surface area contributed by atoms with E-state index in [1.165, 1.54) is 29.1 Å². The highest BCUT2D eigenvalue weighted by Gasteiger charge is 2.44. The highest BCUT2D eigenvalue weighted by molar-refractivity contribution is 6.30. The third-order valence-corrected chi connectivity index (χ3v) is 6.42.